The van der Waals surface area contributed by atoms with Crippen LogP contribution in [0.5, 0.6) is 34.5 Å². The van der Waals surface area contributed by atoms with E-state index in [4.69, 9.17) is 66.9 Å². The number of hydrogen-bond acceptors (Lipinski definition) is 21. The van der Waals surface area contributed by atoms with E-state index in [2.05, 4.69) is 35.2 Å². The molecule has 2 aromatic heterocycles. The molecule has 8 rings (SSSR count). The van der Waals surface area contributed by atoms with Gasteiger partial charge in [-0.1, -0.05) is 23.2 Å². The summed E-state index contributed by atoms with van der Waals surface area (Å²) < 4.78 is 74.2. The van der Waals surface area contributed by atoms with Crippen molar-refractivity contribution in [2.45, 2.75) is 30.0 Å². The van der Waals surface area contributed by atoms with E-state index in [-0.39, 0.29) is 90.9 Å². The van der Waals surface area contributed by atoms with Gasteiger partial charge in [-0.15, -0.1) is 4.86 Å². The maximum Gasteiger partial charge on any atom is 0.480 e. The topological polar surface area (TPSA) is 426 Å². The first-order valence-corrected chi connectivity index (χ1v) is 25.1. The lowest BCUT2D eigenvalue weighted by Crippen LogP contribution is -2.43. The Labute approximate surface area is 401 Å². The highest BCUT2D eigenvalue weighted by Gasteiger charge is 2.56. The van der Waals surface area contributed by atoms with Crippen LogP contribution in [-0.4, -0.2) is 125 Å². The second kappa shape index (κ2) is 18.7. The average molecular weight is 1080 g/mol. The number of phosphoric acid groups is 1. The Bertz CT molecular complexity index is 3080. The van der Waals surface area contributed by atoms with Crippen LogP contribution in [0.3, 0.4) is 0 Å². The van der Waals surface area contributed by atoms with Crippen molar-refractivity contribution in [3.05, 3.63) is 80.8 Å². The van der Waals surface area contributed by atoms with Crippen molar-refractivity contribution >= 4 is 81.5 Å². The quantitative estimate of drug-likeness (QED) is 0.0405. The number of anilines is 1. The number of phenolic OH excluding ortho intramolecular Hbond substituents is 2. The number of hydrogen-bond donors (Lipinski definition) is 12. The number of aromatic nitrogens is 4. The third-order valence-corrected chi connectivity index (χ3v) is 15.7. The second-order valence-corrected chi connectivity index (χ2v) is 20.6. The SMILES string of the molecule is COc1cc2c(c(Cl)c1O)Oc1c(cc(OC)c(O)c1Cl)C21OC(=O)c2ccc(C(=O)NCCNC(=O)O[C@@H]3[C@@H](O)[C@@H](n4cnc5c(N)ncnc54)N[C@@H]3COP(=O)(O)OP(=O)(O)NP(=O)(O)O)cc21. The molecule has 70 heavy (non-hydrogen) atoms. The lowest BCUT2D eigenvalue weighted by atomic mass is 9.77. The van der Waals surface area contributed by atoms with Crippen LogP contribution in [-0.2, 0) is 37.6 Å². The van der Waals surface area contributed by atoms with Gasteiger partial charge in [-0.2, -0.15) is 4.31 Å². The van der Waals surface area contributed by atoms with Crippen molar-refractivity contribution in [1.82, 2.24) is 40.3 Å². The normalized spacial score (nSPS) is 20.6. The van der Waals surface area contributed by atoms with E-state index in [0.717, 1.165) is 11.2 Å². The third-order valence-electron chi connectivity index (χ3n) is 10.8. The minimum absolute atomic E-state index is 0.0149. The number of aliphatic hydroxyl groups excluding tert-OH is 1. The number of nitrogen functional groups attached to an aromatic ring is 1. The van der Waals surface area contributed by atoms with Gasteiger partial charge in [-0.05, 0) is 30.3 Å². The third kappa shape index (κ3) is 9.28. The molecule has 1 saturated heterocycles. The fourth-order valence-electron chi connectivity index (χ4n) is 7.86. The monoisotopic (exact) mass is 1080 g/mol. The van der Waals surface area contributed by atoms with Crippen LogP contribution >= 0.6 is 46.5 Å². The maximum absolute atomic E-state index is 13.7. The summed E-state index contributed by atoms with van der Waals surface area (Å²) in [5.74, 6) is -3.47. The summed E-state index contributed by atoms with van der Waals surface area (Å²) in [7, 11) is -14.3. The van der Waals surface area contributed by atoms with E-state index in [1.807, 2.05) is 0 Å². The number of imidazole rings is 1. The van der Waals surface area contributed by atoms with Crippen LogP contribution in [0.2, 0.25) is 10.0 Å². The minimum Gasteiger partial charge on any atom is -0.503 e. The molecular weight excluding hydrogens is 1040 g/mol. The summed E-state index contributed by atoms with van der Waals surface area (Å²) in [5, 5.41) is 40.1. The van der Waals surface area contributed by atoms with E-state index < -0.39 is 89.4 Å². The zero-order valence-corrected chi connectivity index (χ0v) is 39.6. The molecule has 29 nitrogen and oxygen atoms in total. The van der Waals surface area contributed by atoms with Crippen LogP contribution in [0, 0.1) is 0 Å². The van der Waals surface area contributed by atoms with Gasteiger partial charge < -0.3 is 74.9 Å². The molecule has 2 unspecified atom stereocenters. The Morgan fingerprint density at radius 2 is 1.56 bits per heavy atom. The summed E-state index contributed by atoms with van der Waals surface area (Å²) in [6.45, 7) is -1.63. The van der Waals surface area contributed by atoms with E-state index in [9.17, 15) is 53.2 Å². The molecule has 2 amide bonds. The van der Waals surface area contributed by atoms with Crippen LogP contribution in [0.4, 0.5) is 10.6 Å². The molecule has 374 valence electrons. The Balaban J connectivity index is 0.993. The Hall–Kier alpha value is -5.87. The largest absolute Gasteiger partial charge is 0.503 e. The molecule has 5 aromatic rings. The number of carbonyl (C=O) groups is 3. The lowest BCUT2D eigenvalue weighted by Gasteiger charge is -2.37. The molecule has 1 spiro atoms. The average Bonchev–Trinajstić information content (AvgIpc) is 3.94. The minimum atomic E-state index is -5.66. The van der Waals surface area contributed by atoms with Gasteiger partial charge in [0.1, 0.15) is 34.2 Å². The molecule has 0 bridgehead atoms. The smallest absolute Gasteiger partial charge is 0.480 e. The number of nitrogens with one attached hydrogen (secondary N) is 4. The zero-order valence-electron chi connectivity index (χ0n) is 35.4. The first-order valence-electron chi connectivity index (χ1n) is 19.6. The summed E-state index contributed by atoms with van der Waals surface area (Å²) in [6, 6.07) is 5.12. The van der Waals surface area contributed by atoms with Crippen LogP contribution in [0.1, 0.15) is 43.6 Å². The van der Waals surface area contributed by atoms with Gasteiger partial charge >= 0.3 is 35.4 Å². The number of esters is 1. The molecule has 13 N–H and O–H groups in total. The molecule has 0 saturated carbocycles. The number of aromatic hydroxyl groups is 2. The molecule has 3 aliphatic heterocycles. The predicted molar refractivity (Wildman–Crippen MR) is 235 cm³/mol. The highest BCUT2D eigenvalue weighted by molar-refractivity contribution is 7.70. The first-order chi connectivity index (χ1) is 32.9. The molecule has 5 heterocycles. The number of nitrogens with zero attached hydrogens (tertiary/aromatic N) is 4. The molecular formula is C36H36Cl2N9O20P3. The van der Waals surface area contributed by atoms with Crippen LogP contribution in [0.25, 0.3) is 11.2 Å². The van der Waals surface area contributed by atoms with Crippen molar-refractivity contribution in [3.8, 4) is 34.5 Å². The van der Waals surface area contributed by atoms with Crippen molar-refractivity contribution in [2.75, 3.05) is 39.6 Å². The van der Waals surface area contributed by atoms with Crippen molar-refractivity contribution < 1.29 is 95.5 Å². The van der Waals surface area contributed by atoms with Gasteiger partial charge in [0.05, 0.1) is 49.9 Å². The Kier molecular flexibility index (Phi) is 13.5. The summed E-state index contributed by atoms with van der Waals surface area (Å²) >= 11 is 13.1. The second-order valence-electron chi connectivity index (χ2n) is 15.0. The number of carbonyl (C=O) groups excluding carboxylic acids is 3. The molecule has 3 aromatic carbocycles. The molecule has 6 atom stereocenters. The van der Waals surface area contributed by atoms with Crippen molar-refractivity contribution in [2.24, 2.45) is 0 Å². The number of phosphoric ester groups is 1. The lowest BCUT2D eigenvalue weighted by molar-refractivity contribution is -0.00346. The number of nitrogens with two attached hydrogens (primary N) is 1. The zero-order chi connectivity index (χ0) is 50.8. The number of alkyl carbamates (subject to hydrolysis) is 1. The number of aliphatic hydroxyl groups is 1. The summed E-state index contributed by atoms with van der Waals surface area (Å²) in [5.41, 5.74) is 4.13. The molecule has 3 aliphatic rings. The number of rotatable bonds is 15. The summed E-state index contributed by atoms with van der Waals surface area (Å²) in [4.78, 5) is 91.2. The molecule has 0 aliphatic carbocycles. The Morgan fingerprint density at radius 3 is 2.17 bits per heavy atom. The maximum atomic E-state index is 13.7. The van der Waals surface area contributed by atoms with Gasteiger partial charge in [0.15, 0.2) is 57.7 Å². The van der Waals surface area contributed by atoms with E-state index in [0.29, 0.717) is 0 Å². The number of halogens is 2. The van der Waals surface area contributed by atoms with Crippen LogP contribution < -0.4 is 40.8 Å². The van der Waals surface area contributed by atoms with Gasteiger partial charge in [-0.3, -0.25) is 19.2 Å². The Morgan fingerprint density at radius 1 is 0.929 bits per heavy atom. The van der Waals surface area contributed by atoms with Crippen molar-refractivity contribution in [1.29, 1.82) is 0 Å². The van der Waals surface area contributed by atoms with Gasteiger partial charge in [0.25, 0.3) is 5.91 Å². The fourth-order valence-corrected chi connectivity index (χ4v) is 11.8. The number of methoxy groups -OCH3 is 2. The van der Waals surface area contributed by atoms with E-state index in [1.54, 1.807) is 0 Å². The number of amides is 2. The van der Waals surface area contributed by atoms with Gasteiger partial charge in [-0.25, -0.2) is 38.2 Å². The number of phenols is 2. The number of benzene rings is 3. The standard InChI is InChI=1S/C36H36Cl2N9O20P3/c1-61-19-8-16-27(21(37)24(19)48)64-28-17(9-20(62-2)25(49)22(28)38)36(16)15-7-13(3-4-14(15)34(52)66-36)33(51)40-5-6-41-35(53)65-29-18(10-63-70(59,60)67-69(57,58)46-68(54,55)56)45-32(26(29)50)47-12-44-23-30(39)42-11-43-31(23)47/h3-4,7-9,11-12,18,26,29,32,45,48-50H,5-6,10H2,1-2H3,(H,40,51)(H,41,53)(H,59,60)(H2,39,42,43)(H4,46,54,55,56,57,58)/t18-,26-,29+,32-/m1/s1. The molecule has 34 heteroatoms. The predicted octanol–water partition coefficient (Wildman–Crippen LogP) is 1.98. The van der Waals surface area contributed by atoms with E-state index in [1.165, 1.54) is 55.4 Å². The highest BCUT2D eigenvalue weighted by Crippen LogP contribution is 2.64. The molecule has 0 radical (unpaired) electrons. The molecule has 1 fully saturated rings. The number of fused-ring (bicyclic) bond motifs is 7. The first kappa shape index (κ1) is 50.5. The summed E-state index contributed by atoms with van der Waals surface area (Å²) in [6.07, 6.45) is -3.61. The highest BCUT2D eigenvalue weighted by atomic mass is 35.5. The fraction of sp³-hybridized carbons (Fsp3) is 0.278. The van der Waals surface area contributed by atoms with Gasteiger partial charge in [0, 0.05) is 24.2 Å². The van der Waals surface area contributed by atoms with Gasteiger partial charge in [0.2, 0.25) is 0 Å². The number of ether oxygens (including phenoxy) is 5. The van der Waals surface area contributed by atoms with E-state index >= 15 is 0 Å². The van der Waals surface area contributed by atoms with Crippen molar-refractivity contribution in [3.63, 3.8) is 0 Å². The van der Waals surface area contributed by atoms with Crippen LogP contribution in [0.15, 0.2) is 43.0 Å².